The van der Waals surface area contributed by atoms with Gasteiger partial charge in [0.1, 0.15) is 5.82 Å². The van der Waals surface area contributed by atoms with Gasteiger partial charge in [-0.15, -0.1) is 0 Å². The van der Waals surface area contributed by atoms with E-state index in [0.29, 0.717) is 11.1 Å². The van der Waals surface area contributed by atoms with Crippen molar-refractivity contribution in [3.63, 3.8) is 0 Å². The third kappa shape index (κ3) is 4.47. The molecule has 1 heterocycles. The maximum Gasteiger partial charge on any atom is 0.126 e. The predicted octanol–water partition coefficient (Wildman–Crippen LogP) is 3.89. The first-order valence-corrected chi connectivity index (χ1v) is 5.36. The van der Waals surface area contributed by atoms with Gasteiger partial charge in [0.2, 0.25) is 0 Å². The number of rotatable bonds is 2. The molecule has 14 heavy (non-hydrogen) atoms. The highest BCUT2D eigenvalue weighted by Crippen LogP contribution is 2.16. The van der Waals surface area contributed by atoms with Crippen molar-refractivity contribution in [1.29, 1.82) is 0 Å². The number of nitrogens with one attached hydrogen (secondary N) is 1. The highest BCUT2D eigenvalue weighted by atomic mass is 35.5. The van der Waals surface area contributed by atoms with E-state index in [0.717, 1.165) is 11.4 Å². The van der Waals surface area contributed by atoms with Gasteiger partial charge in [-0.25, -0.2) is 4.98 Å². The summed E-state index contributed by atoms with van der Waals surface area (Å²) in [7, 11) is 0. The molecule has 0 amide bonds. The van der Waals surface area contributed by atoms with E-state index in [9.17, 15) is 0 Å². The topological polar surface area (TPSA) is 24.9 Å². The Balaban J connectivity index is 0.000000791. The van der Waals surface area contributed by atoms with E-state index in [2.05, 4.69) is 24.1 Å². The number of aryl methyl sites for hydroxylation is 1. The summed E-state index contributed by atoms with van der Waals surface area (Å²) in [6, 6.07) is 2.35. The molecule has 1 rings (SSSR count). The number of halogens is 1. The first kappa shape index (κ1) is 13.2. The molecule has 0 aliphatic rings. The maximum absolute atomic E-state index is 5.83. The van der Waals surface area contributed by atoms with Gasteiger partial charge < -0.3 is 5.32 Å². The van der Waals surface area contributed by atoms with E-state index in [1.165, 1.54) is 0 Å². The quantitative estimate of drug-likeness (QED) is 0.808. The zero-order chi connectivity index (χ0) is 11.1. The fraction of sp³-hybridized carbons (Fsp3) is 0.545. The maximum atomic E-state index is 5.83. The fourth-order valence-corrected chi connectivity index (χ4v) is 1.02. The van der Waals surface area contributed by atoms with Crippen LogP contribution in [-0.4, -0.2) is 11.0 Å². The van der Waals surface area contributed by atoms with Crippen LogP contribution >= 0.6 is 11.6 Å². The van der Waals surface area contributed by atoms with Crippen LogP contribution in [-0.2, 0) is 0 Å². The number of hydrogen-bond donors (Lipinski definition) is 1. The monoisotopic (exact) mass is 214 g/mol. The molecule has 0 fully saturated rings. The molecule has 0 aliphatic carbocycles. The molecule has 0 aromatic carbocycles. The summed E-state index contributed by atoms with van der Waals surface area (Å²) < 4.78 is 0. The van der Waals surface area contributed by atoms with Gasteiger partial charge in [0, 0.05) is 12.2 Å². The van der Waals surface area contributed by atoms with Crippen LogP contribution in [0, 0.1) is 6.92 Å². The summed E-state index contributed by atoms with van der Waals surface area (Å²) in [5.74, 6) is 0.881. The lowest BCUT2D eigenvalue weighted by atomic mass is 10.3. The van der Waals surface area contributed by atoms with E-state index < -0.39 is 0 Å². The van der Waals surface area contributed by atoms with Crippen molar-refractivity contribution in [3.8, 4) is 0 Å². The van der Waals surface area contributed by atoms with Crippen molar-refractivity contribution in [1.82, 2.24) is 4.98 Å². The minimum absolute atomic E-state index is 0.401. The molecule has 0 unspecified atom stereocenters. The van der Waals surface area contributed by atoms with Crippen molar-refractivity contribution >= 4 is 17.4 Å². The predicted molar refractivity (Wildman–Crippen MR) is 64.1 cm³/mol. The standard InChI is InChI=1S/C9H13ClN2.C2H6/c1-6(2)12-9-4-7(3)8(10)5-11-9;1-2/h4-6H,1-3H3,(H,11,12);1-2H3. The molecule has 3 heteroatoms. The van der Waals surface area contributed by atoms with Gasteiger partial charge in [0.25, 0.3) is 0 Å². The van der Waals surface area contributed by atoms with Crippen molar-refractivity contribution in [2.45, 2.75) is 40.7 Å². The molecule has 0 saturated heterocycles. The minimum atomic E-state index is 0.401. The van der Waals surface area contributed by atoms with Crippen LogP contribution in [0.4, 0.5) is 5.82 Å². The number of nitrogens with zero attached hydrogens (tertiary/aromatic N) is 1. The van der Waals surface area contributed by atoms with Crippen LogP contribution in [0.1, 0.15) is 33.3 Å². The molecule has 0 saturated carbocycles. The number of pyridine rings is 1. The summed E-state index contributed by atoms with van der Waals surface area (Å²) in [5.41, 5.74) is 1.05. The minimum Gasteiger partial charge on any atom is -0.368 e. The fourth-order valence-electron chi connectivity index (χ4n) is 0.914. The molecule has 80 valence electrons. The molecule has 0 atom stereocenters. The average Bonchev–Trinajstić information content (AvgIpc) is 2.14. The van der Waals surface area contributed by atoms with E-state index in [1.807, 2.05) is 26.8 Å². The van der Waals surface area contributed by atoms with Crippen molar-refractivity contribution in [2.75, 3.05) is 5.32 Å². The van der Waals surface area contributed by atoms with Crippen molar-refractivity contribution in [2.24, 2.45) is 0 Å². The summed E-state index contributed by atoms with van der Waals surface area (Å²) in [6.07, 6.45) is 1.67. The Kier molecular flexibility index (Phi) is 6.30. The SMILES string of the molecule is CC.Cc1cc(NC(C)C)ncc1Cl. The van der Waals surface area contributed by atoms with Gasteiger partial charge in [-0.2, -0.15) is 0 Å². The Morgan fingerprint density at radius 2 is 1.93 bits per heavy atom. The lowest BCUT2D eigenvalue weighted by Crippen LogP contribution is -2.10. The van der Waals surface area contributed by atoms with Crippen molar-refractivity contribution in [3.05, 3.63) is 22.8 Å². The Morgan fingerprint density at radius 3 is 2.36 bits per heavy atom. The smallest absolute Gasteiger partial charge is 0.126 e. The Morgan fingerprint density at radius 1 is 1.36 bits per heavy atom. The molecule has 0 spiro atoms. The molecular weight excluding hydrogens is 196 g/mol. The summed E-state index contributed by atoms with van der Waals surface area (Å²) in [4.78, 5) is 4.14. The third-order valence-corrected chi connectivity index (χ3v) is 1.88. The van der Waals surface area contributed by atoms with Gasteiger partial charge in [-0.05, 0) is 32.4 Å². The Bertz CT molecular complexity index is 272. The summed E-state index contributed by atoms with van der Waals surface area (Å²) in [6.45, 7) is 10.1. The van der Waals surface area contributed by atoms with Crippen LogP contribution in [0.5, 0.6) is 0 Å². The average molecular weight is 215 g/mol. The molecule has 0 bridgehead atoms. The number of hydrogen-bond acceptors (Lipinski definition) is 2. The van der Waals surface area contributed by atoms with E-state index in [-0.39, 0.29) is 0 Å². The Hall–Kier alpha value is -0.760. The summed E-state index contributed by atoms with van der Waals surface area (Å²) >= 11 is 5.83. The van der Waals surface area contributed by atoms with Gasteiger partial charge in [-0.1, -0.05) is 25.4 Å². The molecule has 0 aliphatic heterocycles. The van der Waals surface area contributed by atoms with E-state index in [4.69, 9.17) is 11.6 Å². The molecular formula is C11H19ClN2. The second kappa shape index (κ2) is 6.66. The largest absolute Gasteiger partial charge is 0.368 e. The molecule has 1 N–H and O–H groups in total. The van der Waals surface area contributed by atoms with Gasteiger partial charge in [0.15, 0.2) is 0 Å². The van der Waals surface area contributed by atoms with Crippen LogP contribution < -0.4 is 5.32 Å². The Labute approximate surface area is 91.7 Å². The van der Waals surface area contributed by atoms with E-state index >= 15 is 0 Å². The molecule has 1 aromatic rings. The van der Waals surface area contributed by atoms with Gasteiger partial charge >= 0.3 is 0 Å². The molecule has 0 radical (unpaired) electrons. The molecule has 2 nitrogen and oxygen atoms in total. The lowest BCUT2D eigenvalue weighted by molar-refractivity contribution is 0.888. The first-order valence-electron chi connectivity index (χ1n) is 4.98. The van der Waals surface area contributed by atoms with Gasteiger partial charge in [-0.3, -0.25) is 0 Å². The zero-order valence-electron chi connectivity index (χ0n) is 9.56. The van der Waals surface area contributed by atoms with Crippen LogP contribution in [0.25, 0.3) is 0 Å². The second-order valence-corrected chi connectivity index (χ2v) is 3.52. The third-order valence-electron chi connectivity index (χ3n) is 1.48. The normalized spacial score (nSPS) is 9.36. The van der Waals surface area contributed by atoms with Crippen LogP contribution in [0.15, 0.2) is 12.3 Å². The first-order chi connectivity index (χ1) is 6.59. The summed E-state index contributed by atoms with van der Waals surface area (Å²) in [5, 5.41) is 3.92. The zero-order valence-corrected chi connectivity index (χ0v) is 10.3. The number of anilines is 1. The van der Waals surface area contributed by atoms with E-state index in [1.54, 1.807) is 6.20 Å². The number of aromatic nitrogens is 1. The van der Waals surface area contributed by atoms with Crippen LogP contribution in [0.3, 0.4) is 0 Å². The lowest BCUT2D eigenvalue weighted by Gasteiger charge is -2.09. The van der Waals surface area contributed by atoms with Crippen molar-refractivity contribution < 1.29 is 0 Å². The highest BCUT2D eigenvalue weighted by Gasteiger charge is 1.99. The van der Waals surface area contributed by atoms with Crippen LogP contribution in [0.2, 0.25) is 5.02 Å². The van der Waals surface area contributed by atoms with Gasteiger partial charge in [0.05, 0.1) is 5.02 Å². The second-order valence-electron chi connectivity index (χ2n) is 3.12. The highest BCUT2D eigenvalue weighted by molar-refractivity contribution is 6.31. The molecule has 1 aromatic heterocycles.